The fraction of sp³-hybridized carbons (Fsp3) is 0.263. The minimum absolute atomic E-state index is 0.0429. The molecule has 1 aromatic carbocycles. The molecule has 24 heavy (non-hydrogen) atoms. The van der Waals surface area contributed by atoms with Crippen molar-refractivity contribution in [1.82, 2.24) is 9.88 Å². The molecule has 124 valence electrons. The standard InChI is InChI=1S/C19H19FN2O2/c20-16-6-8-17(9-7-16)24-18-10-4-15(14-21-18)5-11-19(23)22-12-2-1-3-13-22/h4-11,14H,1-3,12-13H2. The summed E-state index contributed by atoms with van der Waals surface area (Å²) < 4.78 is 18.4. The van der Waals surface area contributed by atoms with Crippen LogP contribution >= 0.6 is 0 Å². The molecule has 1 aromatic heterocycles. The molecule has 1 saturated heterocycles. The van der Waals surface area contributed by atoms with E-state index in [2.05, 4.69) is 4.98 Å². The Morgan fingerprint density at radius 3 is 2.50 bits per heavy atom. The molecule has 5 heteroatoms. The summed E-state index contributed by atoms with van der Waals surface area (Å²) in [6.07, 6.45) is 8.34. The zero-order chi connectivity index (χ0) is 16.8. The van der Waals surface area contributed by atoms with Crippen molar-refractivity contribution in [2.45, 2.75) is 19.3 Å². The Bertz CT molecular complexity index is 705. The Morgan fingerprint density at radius 1 is 1.08 bits per heavy atom. The van der Waals surface area contributed by atoms with Gasteiger partial charge in [-0.1, -0.05) is 0 Å². The van der Waals surface area contributed by atoms with Gasteiger partial charge < -0.3 is 9.64 Å². The van der Waals surface area contributed by atoms with Crippen LogP contribution in [0, 0.1) is 5.82 Å². The fourth-order valence-corrected chi connectivity index (χ4v) is 2.56. The Balaban J connectivity index is 1.58. The number of carbonyl (C=O) groups excluding carboxylic acids is 1. The van der Waals surface area contributed by atoms with E-state index in [1.54, 1.807) is 36.5 Å². The van der Waals surface area contributed by atoms with Crippen LogP contribution < -0.4 is 4.74 Å². The predicted octanol–water partition coefficient (Wildman–Crippen LogP) is 4.04. The maximum Gasteiger partial charge on any atom is 0.246 e. The molecule has 0 unspecified atom stereocenters. The number of amides is 1. The lowest BCUT2D eigenvalue weighted by Gasteiger charge is -2.25. The van der Waals surface area contributed by atoms with Crippen molar-refractivity contribution in [1.29, 1.82) is 0 Å². The molecule has 0 atom stereocenters. The highest BCUT2D eigenvalue weighted by atomic mass is 19.1. The second-order valence-electron chi connectivity index (χ2n) is 5.71. The van der Waals surface area contributed by atoms with Gasteiger partial charge in [0.25, 0.3) is 0 Å². The summed E-state index contributed by atoms with van der Waals surface area (Å²) in [5.41, 5.74) is 0.826. The van der Waals surface area contributed by atoms with E-state index in [4.69, 9.17) is 4.74 Å². The SMILES string of the molecule is O=C(C=Cc1ccc(Oc2ccc(F)cc2)nc1)N1CCCCC1. The van der Waals surface area contributed by atoms with E-state index in [1.165, 1.54) is 18.6 Å². The molecule has 0 spiro atoms. The highest BCUT2D eigenvalue weighted by molar-refractivity contribution is 5.91. The molecule has 0 saturated carbocycles. The number of aromatic nitrogens is 1. The third kappa shape index (κ3) is 4.41. The van der Waals surface area contributed by atoms with Gasteiger partial charge in [0.05, 0.1) is 0 Å². The molecule has 2 aromatic rings. The van der Waals surface area contributed by atoms with Crippen molar-refractivity contribution in [3.8, 4) is 11.6 Å². The number of likely N-dealkylation sites (tertiary alicyclic amines) is 1. The maximum absolute atomic E-state index is 12.9. The molecule has 0 N–H and O–H groups in total. The Hall–Kier alpha value is -2.69. The zero-order valence-corrected chi connectivity index (χ0v) is 13.3. The highest BCUT2D eigenvalue weighted by Gasteiger charge is 2.13. The lowest BCUT2D eigenvalue weighted by molar-refractivity contribution is -0.126. The molecule has 0 aliphatic carbocycles. The Kier molecular flexibility index (Phi) is 5.21. The first-order valence-corrected chi connectivity index (χ1v) is 8.07. The molecule has 3 rings (SSSR count). The Labute approximate surface area is 140 Å². The molecule has 0 bridgehead atoms. The fourth-order valence-electron chi connectivity index (χ4n) is 2.56. The molecular weight excluding hydrogens is 307 g/mol. The molecular formula is C19H19FN2O2. The molecule has 0 radical (unpaired) electrons. The van der Waals surface area contributed by atoms with E-state index in [1.807, 2.05) is 11.0 Å². The van der Waals surface area contributed by atoms with Crippen LogP contribution in [0.5, 0.6) is 11.6 Å². The average molecular weight is 326 g/mol. The molecule has 2 heterocycles. The topological polar surface area (TPSA) is 42.4 Å². The number of ether oxygens (including phenoxy) is 1. The molecule has 1 amide bonds. The summed E-state index contributed by atoms with van der Waals surface area (Å²) in [6.45, 7) is 1.68. The van der Waals surface area contributed by atoms with Gasteiger partial charge >= 0.3 is 0 Å². The minimum Gasteiger partial charge on any atom is -0.439 e. The first-order valence-electron chi connectivity index (χ1n) is 8.07. The summed E-state index contributed by atoms with van der Waals surface area (Å²) in [6, 6.07) is 9.29. The van der Waals surface area contributed by atoms with E-state index in [0.717, 1.165) is 31.5 Å². The van der Waals surface area contributed by atoms with Crippen molar-refractivity contribution in [3.63, 3.8) is 0 Å². The summed E-state index contributed by atoms with van der Waals surface area (Å²) in [5, 5.41) is 0. The van der Waals surface area contributed by atoms with Gasteiger partial charge in [-0.3, -0.25) is 4.79 Å². The number of hydrogen-bond acceptors (Lipinski definition) is 3. The number of piperidine rings is 1. The molecule has 1 fully saturated rings. The van der Waals surface area contributed by atoms with Crippen LogP contribution in [-0.4, -0.2) is 28.9 Å². The number of pyridine rings is 1. The van der Waals surface area contributed by atoms with Gasteiger partial charge in [-0.15, -0.1) is 0 Å². The van der Waals surface area contributed by atoms with E-state index in [-0.39, 0.29) is 11.7 Å². The maximum atomic E-state index is 12.9. The third-order valence-corrected chi connectivity index (χ3v) is 3.88. The number of rotatable bonds is 4. The van der Waals surface area contributed by atoms with Gasteiger partial charge in [-0.25, -0.2) is 9.37 Å². The van der Waals surface area contributed by atoms with Crippen molar-refractivity contribution in [3.05, 3.63) is 60.1 Å². The number of nitrogens with zero attached hydrogens (tertiary/aromatic N) is 2. The van der Waals surface area contributed by atoms with Gasteiger partial charge in [-0.2, -0.15) is 0 Å². The van der Waals surface area contributed by atoms with Gasteiger partial charge in [0.1, 0.15) is 11.6 Å². The van der Waals surface area contributed by atoms with Crippen LogP contribution in [0.25, 0.3) is 6.08 Å². The van der Waals surface area contributed by atoms with Crippen molar-refractivity contribution in [2.75, 3.05) is 13.1 Å². The number of carbonyl (C=O) groups is 1. The number of benzene rings is 1. The van der Waals surface area contributed by atoms with Crippen LogP contribution in [0.3, 0.4) is 0 Å². The summed E-state index contributed by atoms with van der Waals surface area (Å²) in [5.74, 6) is 0.670. The highest BCUT2D eigenvalue weighted by Crippen LogP contribution is 2.20. The second kappa shape index (κ2) is 7.73. The number of hydrogen-bond donors (Lipinski definition) is 0. The second-order valence-corrected chi connectivity index (χ2v) is 5.71. The Morgan fingerprint density at radius 2 is 1.83 bits per heavy atom. The lowest BCUT2D eigenvalue weighted by Crippen LogP contribution is -2.34. The van der Waals surface area contributed by atoms with Gasteiger partial charge in [-0.05, 0) is 61.2 Å². The molecule has 1 aliphatic heterocycles. The van der Waals surface area contributed by atoms with Gasteiger partial charge in [0.15, 0.2) is 0 Å². The van der Waals surface area contributed by atoms with Crippen LogP contribution in [-0.2, 0) is 4.79 Å². The van der Waals surface area contributed by atoms with Crippen molar-refractivity contribution in [2.24, 2.45) is 0 Å². The monoisotopic (exact) mass is 326 g/mol. The van der Waals surface area contributed by atoms with Crippen LogP contribution in [0.4, 0.5) is 4.39 Å². The molecule has 4 nitrogen and oxygen atoms in total. The van der Waals surface area contributed by atoms with E-state index in [0.29, 0.717) is 11.6 Å². The van der Waals surface area contributed by atoms with Crippen LogP contribution in [0.15, 0.2) is 48.7 Å². The smallest absolute Gasteiger partial charge is 0.246 e. The van der Waals surface area contributed by atoms with Crippen molar-refractivity contribution >= 4 is 12.0 Å². The zero-order valence-electron chi connectivity index (χ0n) is 13.3. The lowest BCUT2D eigenvalue weighted by atomic mass is 10.1. The van der Waals surface area contributed by atoms with Gasteiger partial charge in [0.2, 0.25) is 11.8 Å². The largest absolute Gasteiger partial charge is 0.439 e. The minimum atomic E-state index is -0.311. The summed E-state index contributed by atoms with van der Waals surface area (Å²) >= 11 is 0. The van der Waals surface area contributed by atoms with Crippen LogP contribution in [0.2, 0.25) is 0 Å². The van der Waals surface area contributed by atoms with E-state index < -0.39 is 0 Å². The molecule has 1 aliphatic rings. The normalized spacial score (nSPS) is 14.8. The quantitative estimate of drug-likeness (QED) is 0.796. The van der Waals surface area contributed by atoms with Crippen molar-refractivity contribution < 1.29 is 13.9 Å². The number of halogens is 1. The third-order valence-electron chi connectivity index (χ3n) is 3.88. The predicted molar refractivity (Wildman–Crippen MR) is 90.2 cm³/mol. The first-order chi connectivity index (χ1) is 11.7. The van der Waals surface area contributed by atoms with Gasteiger partial charge in [0, 0.05) is 31.4 Å². The van der Waals surface area contributed by atoms with E-state index >= 15 is 0 Å². The van der Waals surface area contributed by atoms with Crippen LogP contribution in [0.1, 0.15) is 24.8 Å². The van der Waals surface area contributed by atoms with E-state index in [9.17, 15) is 9.18 Å². The summed E-state index contributed by atoms with van der Waals surface area (Å²) in [4.78, 5) is 18.1. The first kappa shape index (κ1) is 16.2. The average Bonchev–Trinajstić information content (AvgIpc) is 2.63. The summed E-state index contributed by atoms with van der Waals surface area (Å²) in [7, 11) is 0.